The molecule has 13 nitrogen and oxygen atoms in total. The van der Waals surface area contributed by atoms with Crippen molar-refractivity contribution in [2.24, 2.45) is 17.2 Å². The van der Waals surface area contributed by atoms with E-state index < -0.39 is 25.9 Å². The molecule has 1 heterocycles. The summed E-state index contributed by atoms with van der Waals surface area (Å²) in [5.41, 5.74) is 16.7. The number of benzene rings is 2. The topological polar surface area (TPSA) is 224 Å². The molecule has 0 fully saturated rings. The van der Waals surface area contributed by atoms with E-state index >= 15 is 0 Å². The highest BCUT2D eigenvalue weighted by molar-refractivity contribution is 7.54. The van der Waals surface area contributed by atoms with Gasteiger partial charge < -0.3 is 47.5 Å². The van der Waals surface area contributed by atoms with Crippen LogP contribution >= 0.6 is 8.38 Å². The van der Waals surface area contributed by atoms with Gasteiger partial charge in [-0.15, -0.1) is 0 Å². The highest BCUT2D eigenvalue weighted by atomic mass is 31.2. The fraction of sp³-hybridized carbons (Fsp3) is 0.138. The number of nitrogens with zero attached hydrogens (tertiary/aromatic N) is 2. The monoisotopic (exact) mass is 645 g/mol. The van der Waals surface area contributed by atoms with Gasteiger partial charge in [0, 0.05) is 37.5 Å². The fourth-order valence-corrected chi connectivity index (χ4v) is 4.11. The number of rotatable bonds is 12. The summed E-state index contributed by atoms with van der Waals surface area (Å²) in [4.78, 5) is 44.6. The van der Waals surface area contributed by atoms with Crippen molar-refractivity contribution in [1.29, 1.82) is 0 Å². The number of aliphatic hydroxyl groups excluding tert-OH is 1. The summed E-state index contributed by atoms with van der Waals surface area (Å²) in [6, 6.07) is 4.60. The Balaban J connectivity index is 0.000000452. The van der Waals surface area contributed by atoms with Crippen LogP contribution in [-0.2, 0) is 16.0 Å². The zero-order valence-corrected chi connectivity index (χ0v) is 25.3. The molecule has 45 heavy (non-hydrogen) atoms. The lowest BCUT2D eigenvalue weighted by atomic mass is 10.0. The third-order valence-corrected chi connectivity index (χ3v) is 6.63. The van der Waals surface area contributed by atoms with Gasteiger partial charge in [0.25, 0.3) is 5.91 Å². The van der Waals surface area contributed by atoms with Gasteiger partial charge in [0.2, 0.25) is 8.38 Å². The van der Waals surface area contributed by atoms with E-state index in [-0.39, 0.29) is 63.7 Å². The molecule has 0 bridgehead atoms. The van der Waals surface area contributed by atoms with Crippen molar-refractivity contribution in [1.82, 2.24) is 9.55 Å². The number of aliphatic hydroxyl groups is 1. The number of nitrogens with two attached hydrogens (primary N) is 3. The molecule has 240 valence electrons. The highest BCUT2D eigenvalue weighted by Crippen LogP contribution is 2.32. The predicted molar refractivity (Wildman–Crippen MR) is 170 cm³/mol. The number of halogens is 2. The Bertz CT molecular complexity index is 1610. The Morgan fingerprint density at radius 1 is 1.13 bits per heavy atom. The van der Waals surface area contributed by atoms with Crippen LogP contribution in [0.4, 0.5) is 20.2 Å². The molecule has 16 heteroatoms. The molecule has 1 amide bonds. The van der Waals surface area contributed by atoms with Crippen LogP contribution in [0.25, 0.3) is 11.6 Å². The van der Waals surface area contributed by atoms with Crippen molar-refractivity contribution in [2.75, 3.05) is 24.3 Å². The van der Waals surface area contributed by atoms with Crippen molar-refractivity contribution < 1.29 is 38.0 Å². The minimum absolute atomic E-state index is 0.000329. The second-order valence-corrected chi connectivity index (χ2v) is 9.99. The first kappa shape index (κ1) is 36.0. The molecule has 0 aliphatic carbocycles. The van der Waals surface area contributed by atoms with Gasteiger partial charge in [0.1, 0.15) is 23.7 Å². The van der Waals surface area contributed by atoms with E-state index in [0.717, 1.165) is 12.1 Å². The summed E-state index contributed by atoms with van der Waals surface area (Å²) in [6.45, 7) is 4.74. The van der Waals surface area contributed by atoms with Gasteiger partial charge in [-0.2, -0.15) is 0 Å². The number of allylic oxidation sites excluding steroid dienone is 4. The maximum absolute atomic E-state index is 14.6. The zero-order chi connectivity index (χ0) is 33.7. The normalized spacial score (nSPS) is 11.8. The summed E-state index contributed by atoms with van der Waals surface area (Å²) < 4.78 is 35.9. The summed E-state index contributed by atoms with van der Waals surface area (Å²) in [5, 5.41) is 15.2. The van der Waals surface area contributed by atoms with Gasteiger partial charge in [-0.05, 0) is 48.9 Å². The van der Waals surface area contributed by atoms with Crippen LogP contribution in [0, 0.1) is 11.6 Å². The first-order valence-electron chi connectivity index (χ1n) is 12.9. The number of hydrogen-bond donors (Lipinski definition) is 8. The first-order chi connectivity index (χ1) is 21.3. The first-order valence-corrected chi connectivity index (χ1v) is 14.2. The van der Waals surface area contributed by atoms with Crippen LogP contribution in [0.2, 0.25) is 0 Å². The lowest BCUT2D eigenvalue weighted by molar-refractivity contribution is -0.112. The Hall–Kier alpha value is -5.24. The van der Waals surface area contributed by atoms with Crippen molar-refractivity contribution in [3.8, 4) is 5.75 Å². The van der Waals surface area contributed by atoms with Crippen LogP contribution in [0.5, 0.6) is 5.75 Å². The Kier molecular flexibility index (Phi) is 13.7. The number of hydrogen-bond acceptors (Lipinski definition) is 11. The molecule has 1 aromatic heterocycles. The van der Waals surface area contributed by atoms with E-state index in [2.05, 4.69) is 22.2 Å². The maximum atomic E-state index is 14.6. The number of imidazole rings is 1. The van der Waals surface area contributed by atoms with E-state index in [1.165, 1.54) is 37.4 Å². The number of carbonyl (C=O) groups is 2. The lowest BCUT2D eigenvalue weighted by Crippen LogP contribution is -2.20. The van der Waals surface area contributed by atoms with Gasteiger partial charge in [-0.25, -0.2) is 13.8 Å². The second-order valence-electron chi connectivity index (χ2n) is 8.93. The molecule has 0 aliphatic rings. The van der Waals surface area contributed by atoms with Gasteiger partial charge in [0.15, 0.2) is 17.9 Å². The molecule has 3 aromatic rings. The molecule has 0 unspecified atom stereocenters. The van der Waals surface area contributed by atoms with Gasteiger partial charge in [-0.1, -0.05) is 6.58 Å². The number of amides is 1. The van der Waals surface area contributed by atoms with E-state index in [1.54, 1.807) is 30.2 Å². The van der Waals surface area contributed by atoms with E-state index in [0.29, 0.717) is 12.1 Å². The smallest absolute Gasteiger partial charge is 0.270 e. The molecular weight excluding hydrogens is 611 g/mol. The molecule has 0 saturated carbocycles. The summed E-state index contributed by atoms with van der Waals surface area (Å²) in [5.74, 6) is -2.15. The predicted octanol–water partition coefficient (Wildman–Crippen LogP) is 2.56. The standard InChI is InChI=1S/C21H24F2N3O5P.C8H10N4O/c1-4-18(27)13-8-14(22)12(7-16(13)26-21(28)11(2)24)5-6-31-19-10-17(25-3)20(32(29)30)9-15(19)23;9-7(5-13)1-2-8(10)12-4-3-11-6-12/h4,7-10,25,27,29-30H,2,5-6,24H2,1,3H3,(H,26,28);1-6H,9-10H2/b18-4+;7-1-,8-2+. The molecule has 0 saturated heterocycles. The second kappa shape index (κ2) is 17.2. The number of nitrogens with one attached hydrogen (secondary N) is 2. The van der Waals surface area contributed by atoms with Crippen LogP contribution in [0.15, 0.2) is 79.2 Å². The zero-order valence-electron chi connectivity index (χ0n) is 24.4. The minimum atomic E-state index is -2.51. The third kappa shape index (κ3) is 10.5. The minimum Gasteiger partial charge on any atom is -0.508 e. The Morgan fingerprint density at radius 2 is 1.84 bits per heavy atom. The maximum Gasteiger partial charge on any atom is 0.270 e. The van der Waals surface area contributed by atoms with Gasteiger partial charge in [0.05, 0.1) is 34.7 Å². The average Bonchev–Trinajstić information content (AvgIpc) is 3.56. The Morgan fingerprint density at radius 3 is 2.40 bits per heavy atom. The van der Waals surface area contributed by atoms with Gasteiger partial charge in [-0.3, -0.25) is 14.2 Å². The number of anilines is 2. The van der Waals surface area contributed by atoms with Crippen LogP contribution in [-0.4, -0.2) is 50.3 Å². The Labute approximate surface area is 258 Å². The summed E-state index contributed by atoms with van der Waals surface area (Å²) >= 11 is 0. The van der Waals surface area contributed by atoms with Crippen LogP contribution in [0.3, 0.4) is 0 Å². The molecule has 11 N–H and O–H groups in total. The third-order valence-electron chi connectivity index (χ3n) is 5.82. The molecular formula is C29H34F2N7O6P. The number of aldehydes is 1. The van der Waals surface area contributed by atoms with Crippen molar-refractivity contribution in [2.45, 2.75) is 13.3 Å². The summed E-state index contributed by atoms with van der Waals surface area (Å²) in [7, 11) is -0.982. The highest BCUT2D eigenvalue weighted by Gasteiger charge is 2.18. The quantitative estimate of drug-likeness (QED) is 0.0470. The fourth-order valence-electron chi connectivity index (χ4n) is 3.49. The van der Waals surface area contributed by atoms with Gasteiger partial charge >= 0.3 is 0 Å². The largest absolute Gasteiger partial charge is 0.508 e. The molecule has 3 rings (SSSR count). The number of aromatic nitrogens is 2. The molecule has 0 aliphatic heterocycles. The van der Waals surface area contributed by atoms with E-state index in [4.69, 9.17) is 21.9 Å². The molecule has 2 aromatic carbocycles. The number of ether oxygens (including phenoxy) is 1. The molecule has 0 radical (unpaired) electrons. The SMILES string of the molecule is C=C(N)C(=O)Nc1cc(CCOc2cc(NC)c(P(O)O)cc2F)c(F)cc1/C(O)=C\C.N/C(C=O)=C\C=C(/N)n1ccnc1. The summed E-state index contributed by atoms with van der Waals surface area (Å²) in [6.07, 6.45) is 9.70. The van der Waals surface area contributed by atoms with Crippen molar-refractivity contribution >= 4 is 48.8 Å². The van der Waals surface area contributed by atoms with Crippen LogP contribution < -0.4 is 37.9 Å². The van der Waals surface area contributed by atoms with E-state index in [1.807, 2.05) is 0 Å². The van der Waals surface area contributed by atoms with Crippen molar-refractivity contribution in [3.05, 3.63) is 102 Å². The average molecular weight is 646 g/mol. The number of carbonyl (C=O) groups excluding carboxylic acids is 2. The lowest BCUT2D eigenvalue weighted by Gasteiger charge is -2.15. The van der Waals surface area contributed by atoms with Crippen molar-refractivity contribution in [3.63, 3.8) is 0 Å². The van der Waals surface area contributed by atoms with E-state index in [9.17, 15) is 33.3 Å². The van der Waals surface area contributed by atoms with Crippen LogP contribution in [0.1, 0.15) is 18.1 Å². The molecule has 0 atom stereocenters. The molecule has 0 spiro atoms.